The zero-order valence-electron chi connectivity index (χ0n) is 14.2. The first kappa shape index (κ1) is 21.7. The molecule has 0 aromatic carbocycles. The average molecular weight is 326 g/mol. The first-order valence-corrected chi connectivity index (χ1v) is 8.15. The molecule has 0 radical (unpaired) electrons. The molecule has 22 heavy (non-hydrogen) atoms. The molecular weight excluding hydrogens is 288 g/mol. The van der Waals surface area contributed by atoms with Crippen LogP contribution in [0.2, 0.25) is 0 Å². The smallest absolute Gasteiger partial charge is 0.0701 e. The number of ether oxygens (including phenoxy) is 5. The Morgan fingerprint density at radius 2 is 0.955 bits per heavy atom. The van der Waals surface area contributed by atoms with Gasteiger partial charge in [0, 0.05) is 15.9 Å². The summed E-state index contributed by atoms with van der Waals surface area (Å²) in [6, 6.07) is 0. The molecule has 0 aliphatic heterocycles. The van der Waals surface area contributed by atoms with Crippen LogP contribution in [0.1, 0.15) is 9.78 Å². The number of hydrogen-bond donors (Lipinski definition) is 2. The molecular formula is C15H38N2O5. The van der Waals surface area contributed by atoms with Gasteiger partial charge in [0.1, 0.15) is 0 Å². The molecule has 0 rings (SSSR count). The Kier molecular flexibility index (Phi) is 20.5. The summed E-state index contributed by atoms with van der Waals surface area (Å²) in [5.41, 5.74) is 0. The molecule has 0 saturated heterocycles. The van der Waals surface area contributed by atoms with Crippen LogP contribution in [0.25, 0.3) is 0 Å². The summed E-state index contributed by atoms with van der Waals surface area (Å²) in [5, 5.41) is 6.21. The van der Waals surface area contributed by atoms with Crippen LogP contribution in [0.5, 0.6) is 0 Å². The molecule has 0 bridgehead atoms. The van der Waals surface area contributed by atoms with Gasteiger partial charge in [0.15, 0.2) is 0 Å². The van der Waals surface area contributed by atoms with Gasteiger partial charge in [-0.15, -0.1) is 0 Å². The van der Waals surface area contributed by atoms with E-state index in [1.54, 1.807) is 0 Å². The third kappa shape index (κ3) is 19.7. The molecule has 0 spiro atoms. The molecule has 7 heteroatoms. The fourth-order valence-electron chi connectivity index (χ4n) is 1.48. The Balaban J connectivity index is -0.00000220. The van der Waals surface area contributed by atoms with Crippen LogP contribution in [0.3, 0.4) is 0 Å². The third-order valence-corrected chi connectivity index (χ3v) is 2.66. The van der Waals surface area contributed by atoms with E-state index in [9.17, 15) is 0 Å². The fourth-order valence-corrected chi connectivity index (χ4v) is 1.48. The average Bonchev–Trinajstić information content (AvgIpc) is 2.54. The van der Waals surface area contributed by atoms with E-state index < -0.39 is 0 Å². The topological polar surface area (TPSA) is 70.2 Å². The lowest BCUT2D eigenvalue weighted by Crippen LogP contribution is -2.20. The predicted octanol–water partition coefficient (Wildman–Crippen LogP) is 0.390. The van der Waals surface area contributed by atoms with Crippen molar-refractivity contribution in [3.05, 3.63) is 0 Å². The van der Waals surface area contributed by atoms with E-state index in [0.29, 0.717) is 59.5 Å². The van der Waals surface area contributed by atoms with Gasteiger partial charge in [0.2, 0.25) is 0 Å². The molecule has 2 N–H and O–H groups in total. The van der Waals surface area contributed by atoms with Gasteiger partial charge in [-0.2, -0.15) is 0 Å². The molecule has 138 valence electrons. The SMILES string of the molecule is CCNCCOCCOCCOCCOCCOCCNC.[HH].[HH]. The maximum absolute atomic E-state index is 5.39. The highest BCUT2D eigenvalue weighted by Crippen LogP contribution is 1.83. The second-order valence-corrected chi connectivity index (χ2v) is 4.52. The Morgan fingerprint density at radius 1 is 0.591 bits per heavy atom. The molecule has 0 amide bonds. The van der Waals surface area contributed by atoms with E-state index in [1.807, 2.05) is 7.05 Å². The summed E-state index contributed by atoms with van der Waals surface area (Å²) in [4.78, 5) is 0. The van der Waals surface area contributed by atoms with Gasteiger partial charge < -0.3 is 34.3 Å². The molecule has 7 nitrogen and oxygen atoms in total. The highest BCUT2D eigenvalue weighted by atomic mass is 16.6. The second-order valence-electron chi connectivity index (χ2n) is 4.52. The van der Waals surface area contributed by atoms with Crippen LogP contribution in [0.4, 0.5) is 0 Å². The molecule has 0 atom stereocenters. The van der Waals surface area contributed by atoms with E-state index in [2.05, 4.69) is 17.6 Å². The zero-order chi connectivity index (χ0) is 16.1. The van der Waals surface area contributed by atoms with Crippen LogP contribution in [-0.2, 0) is 23.7 Å². The van der Waals surface area contributed by atoms with Crippen molar-refractivity contribution < 1.29 is 26.5 Å². The summed E-state index contributed by atoms with van der Waals surface area (Å²) in [6.45, 7) is 11.0. The molecule has 0 aromatic rings. The largest absolute Gasteiger partial charge is 0.378 e. The van der Waals surface area contributed by atoms with Gasteiger partial charge in [-0.1, -0.05) is 6.92 Å². The van der Waals surface area contributed by atoms with Crippen molar-refractivity contribution >= 4 is 0 Å². The molecule has 0 aromatic heterocycles. The van der Waals surface area contributed by atoms with Crippen molar-refractivity contribution in [2.45, 2.75) is 6.92 Å². The first-order valence-electron chi connectivity index (χ1n) is 8.15. The van der Waals surface area contributed by atoms with Crippen molar-refractivity contribution in [2.24, 2.45) is 0 Å². The van der Waals surface area contributed by atoms with E-state index >= 15 is 0 Å². The Morgan fingerprint density at radius 3 is 1.32 bits per heavy atom. The Hall–Kier alpha value is -0.280. The molecule has 0 fully saturated rings. The number of hydrogen-bond acceptors (Lipinski definition) is 7. The number of nitrogens with one attached hydrogen (secondary N) is 2. The van der Waals surface area contributed by atoms with Crippen molar-refractivity contribution in [1.29, 1.82) is 0 Å². The summed E-state index contributed by atoms with van der Waals surface area (Å²) >= 11 is 0. The van der Waals surface area contributed by atoms with Crippen LogP contribution < -0.4 is 10.6 Å². The lowest BCUT2D eigenvalue weighted by Gasteiger charge is -2.08. The lowest BCUT2D eigenvalue weighted by atomic mass is 10.6. The van der Waals surface area contributed by atoms with Gasteiger partial charge in [-0.25, -0.2) is 0 Å². The van der Waals surface area contributed by atoms with Crippen LogP contribution in [0.15, 0.2) is 0 Å². The summed E-state index contributed by atoms with van der Waals surface area (Å²) < 4.78 is 26.8. The maximum atomic E-state index is 5.39. The van der Waals surface area contributed by atoms with Crippen LogP contribution in [-0.4, -0.2) is 92.8 Å². The van der Waals surface area contributed by atoms with Gasteiger partial charge in [-0.05, 0) is 13.6 Å². The van der Waals surface area contributed by atoms with Crippen LogP contribution in [0, 0.1) is 0 Å². The lowest BCUT2D eigenvalue weighted by molar-refractivity contribution is -0.0105. The molecule has 0 aliphatic carbocycles. The number of likely N-dealkylation sites (N-methyl/N-ethyl adjacent to an activating group) is 2. The standard InChI is InChI=1S/C15H34N2O5.2H2/c1-3-17-5-7-19-9-11-21-13-15-22-14-12-20-10-8-18-6-4-16-2;;/h16-17H,3-15H2,1-2H3;2*1H. The monoisotopic (exact) mass is 326 g/mol. The first-order chi connectivity index (χ1) is 10.9. The van der Waals surface area contributed by atoms with Crippen molar-refractivity contribution in [1.82, 2.24) is 10.6 Å². The molecule has 0 saturated carbocycles. The Bertz CT molecular complexity index is 189. The van der Waals surface area contributed by atoms with Crippen molar-refractivity contribution in [3.8, 4) is 0 Å². The fraction of sp³-hybridized carbons (Fsp3) is 1.00. The molecule has 0 unspecified atom stereocenters. The molecule has 0 aliphatic rings. The highest BCUT2D eigenvalue weighted by molar-refractivity contribution is 4.40. The minimum absolute atomic E-state index is 0. The third-order valence-electron chi connectivity index (χ3n) is 2.66. The number of rotatable bonds is 19. The minimum Gasteiger partial charge on any atom is -0.378 e. The maximum Gasteiger partial charge on any atom is 0.0701 e. The van der Waals surface area contributed by atoms with Gasteiger partial charge in [0.25, 0.3) is 0 Å². The highest BCUT2D eigenvalue weighted by Gasteiger charge is 1.93. The van der Waals surface area contributed by atoms with Gasteiger partial charge >= 0.3 is 0 Å². The Labute approximate surface area is 137 Å². The van der Waals surface area contributed by atoms with E-state index in [0.717, 1.165) is 26.2 Å². The summed E-state index contributed by atoms with van der Waals surface area (Å²) in [6.07, 6.45) is 0. The van der Waals surface area contributed by atoms with Crippen molar-refractivity contribution in [2.75, 3.05) is 92.8 Å². The predicted molar refractivity (Wildman–Crippen MR) is 90.8 cm³/mol. The van der Waals surface area contributed by atoms with Gasteiger partial charge in [0.05, 0.1) is 66.1 Å². The normalized spacial score (nSPS) is 11.2. The van der Waals surface area contributed by atoms with E-state index in [1.165, 1.54) is 0 Å². The minimum atomic E-state index is 0. The van der Waals surface area contributed by atoms with Crippen molar-refractivity contribution in [3.63, 3.8) is 0 Å². The zero-order valence-corrected chi connectivity index (χ0v) is 14.2. The summed E-state index contributed by atoms with van der Waals surface area (Å²) in [7, 11) is 1.90. The van der Waals surface area contributed by atoms with E-state index in [-0.39, 0.29) is 2.85 Å². The van der Waals surface area contributed by atoms with Crippen LogP contribution >= 0.6 is 0 Å². The van der Waals surface area contributed by atoms with E-state index in [4.69, 9.17) is 23.7 Å². The quantitative estimate of drug-likeness (QED) is 0.333. The summed E-state index contributed by atoms with van der Waals surface area (Å²) in [5.74, 6) is 0. The van der Waals surface area contributed by atoms with Gasteiger partial charge in [-0.3, -0.25) is 0 Å². The second kappa shape index (κ2) is 20.7. The molecule has 0 heterocycles.